The lowest BCUT2D eigenvalue weighted by atomic mass is 10.1. The molecule has 19 heavy (non-hydrogen) atoms. The van der Waals surface area contributed by atoms with E-state index in [0.29, 0.717) is 12.3 Å². The molecule has 0 amide bonds. The van der Waals surface area contributed by atoms with Crippen molar-refractivity contribution in [3.05, 3.63) is 35.9 Å². The molecular weight excluding hydrogens is 278 g/mol. The largest absolute Gasteiger partial charge is 0.242 e. The van der Waals surface area contributed by atoms with Gasteiger partial charge in [-0.05, 0) is 26.3 Å². The summed E-state index contributed by atoms with van der Waals surface area (Å²) in [6.07, 6.45) is 0.634. The van der Waals surface area contributed by atoms with Gasteiger partial charge in [0.05, 0.1) is 15.7 Å². The molecule has 0 aliphatic rings. The number of alkyl halides is 1. The molecule has 0 aliphatic heterocycles. The quantitative estimate of drug-likeness (QED) is 0.670. The van der Waals surface area contributed by atoms with Crippen molar-refractivity contribution in [2.45, 2.75) is 38.0 Å². The van der Waals surface area contributed by atoms with Crippen LogP contribution in [0.4, 0.5) is 0 Å². The zero-order valence-corrected chi connectivity index (χ0v) is 13.1. The predicted octanol–water partition coefficient (Wildman–Crippen LogP) is 3.41. The summed E-state index contributed by atoms with van der Waals surface area (Å²) in [5, 5.41) is 0. The van der Waals surface area contributed by atoms with Crippen molar-refractivity contribution in [3.8, 4) is 11.8 Å². The van der Waals surface area contributed by atoms with Crippen molar-refractivity contribution < 1.29 is 4.21 Å². The molecule has 2 atom stereocenters. The van der Waals surface area contributed by atoms with Crippen LogP contribution < -0.4 is 4.72 Å². The highest BCUT2D eigenvalue weighted by Gasteiger charge is 2.22. The molecule has 1 N–H and O–H groups in total. The van der Waals surface area contributed by atoms with Crippen LogP contribution in [0.1, 0.15) is 38.8 Å². The van der Waals surface area contributed by atoms with Gasteiger partial charge in [-0.1, -0.05) is 42.2 Å². The first-order chi connectivity index (χ1) is 8.95. The molecule has 0 saturated heterocycles. The molecule has 104 valence electrons. The van der Waals surface area contributed by atoms with Crippen molar-refractivity contribution in [3.63, 3.8) is 0 Å². The second kappa shape index (κ2) is 7.69. The number of rotatable bonds is 4. The summed E-state index contributed by atoms with van der Waals surface area (Å²) in [4.78, 5) is 0. The van der Waals surface area contributed by atoms with Crippen molar-refractivity contribution in [2.75, 3.05) is 5.88 Å². The molecule has 0 saturated carbocycles. The van der Waals surface area contributed by atoms with E-state index in [-0.39, 0.29) is 10.8 Å². The van der Waals surface area contributed by atoms with Crippen LogP contribution in [-0.4, -0.2) is 14.8 Å². The third-order valence-electron chi connectivity index (χ3n) is 2.38. The van der Waals surface area contributed by atoms with E-state index < -0.39 is 11.0 Å². The second-order valence-electron chi connectivity index (χ2n) is 5.10. The average Bonchev–Trinajstić information content (AvgIpc) is 2.37. The summed E-state index contributed by atoms with van der Waals surface area (Å²) in [6, 6.07) is 9.58. The zero-order chi connectivity index (χ0) is 14.3. The van der Waals surface area contributed by atoms with Crippen LogP contribution in [0.25, 0.3) is 0 Å². The van der Waals surface area contributed by atoms with Gasteiger partial charge in [0.25, 0.3) is 0 Å². The maximum absolute atomic E-state index is 12.2. The molecule has 0 aliphatic carbocycles. The van der Waals surface area contributed by atoms with Gasteiger partial charge in [0.2, 0.25) is 0 Å². The van der Waals surface area contributed by atoms with Crippen LogP contribution in [-0.2, 0) is 11.0 Å². The molecule has 1 rings (SSSR count). The lowest BCUT2D eigenvalue weighted by molar-refractivity contribution is 0.628. The Bertz CT molecular complexity index is 470. The molecule has 0 fully saturated rings. The van der Waals surface area contributed by atoms with E-state index in [2.05, 4.69) is 16.6 Å². The van der Waals surface area contributed by atoms with Crippen LogP contribution in [0.15, 0.2) is 30.3 Å². The van der Waals surface area contributed by atoms with E-state index >= 15 is 0 Å². The normalized spacial score (nSPS) is 14.3. The van der Waals surface area contributed by atoms with Gasteiger partial charge in [-0.25, -0.2) is 8.93 Å². The Morgan fingerprint density at radius 1 is 1.32 bits per heavy atom. The van der Waals surface area contributed by atoms with Crippen molar-refractivity contribution in [2.24, 2.45) is 0 Å². The highest BCUT2D eigenvalue weighted by atomic mass is 35.5. The van der Waals surface area contributed by atoms with E-state index in [4.69, 9.17) is 11.6 Å². The van der Waals surface area contributed by atoms with Gasteiger partial charge in [0, 0.05) is 12.3 Å². The van der Waals surface area contributed by atoms with Crippen LogP contribution >= 0.6 is 11.6 Å². The molecule has 1 aromatic carbocycles. The van der Waals surface area contributed by atoms with Gasteiger partial charge in [-0.3, -0.25) is 0 Å². The van der Waals surface area contributed by atoms with E-state index in [0.717, 1.165) is 5.56 Å². The lowest BCUT2D eigenvalue weighted by Gasteiger charge is -2.21. The Morgan fingerprint density at radius 3 is 2.47 bits per heavy atom. The Morgan fingerprint density at radius 2 is 1.95 bits per heavy atom. The third kappa shape index (κ3) is 5.78. The molecule has 0 aromatic heterocycles. The summed E-state index contributed by atoms with van der Waals surface area (Å²) in [5.74, 6) is 6.62. The van der Waals surface area contributed by atoms with Crippen LogP contribution in [0.3, 0.4) is 0 Å². The number of halogens is 1. The molecule has 4 heteroatoms. The van der Waals surface area contributed by atoms with E-state index in [1.165, 1.54) is 0 Å². The molecule has 0 heterocycles. The monoisotopic (exact) mass is 297 g/mol. The fraction of sp³-hybridized carbons (Fsp3) is 0.467. The zero-order valence-electron chi connectivity index (χ0n) is 11.6. The van der Waals surface area contributed by atoms with Gasteiger partial charge < -0.3 is 0 Å². The summed E-state index contributed by atoms with van der Waals surface area (Å²) in [7, 11) is -1.16. The molecule has 0 bridgehead atoms. The first kappa shape index (κ1) is 16.2. The maximum atomic E-state index is 12.2. The fourth-order valence-electron chi connectivity index (χ4n) is 1.33. The van der Waals surface area contributed by atoms with Gasteiger partial charge in [0.15, 0.2) is 0 Å². The number of benzene rings is 1. The van der Waals surface area contributed by atoms with Gasteiger partial charge in [-0.2, -0.15) is 0 Å². The van der Waals surface area contributed by atoms with Crippen LogP contribution in [0, 0.1) is 11.8 Å². The standard InChI is InChI=1S/C15H20ClNOS/c1-15(2,3)19(18)17-14(11-7-8-12-16)13-9-5-4-6-10-13/h4-6,9-10,14,17H,8,12H2,1-3H3/t14-,19?/m1/s1. The SMILES string of the molecule is CC(C)(C)S(=O)N[C@H](C#CCCCl)c1ccccc1. The van der Waals surface area contributed by atoms with Gasteiger partial charge in [-0.15, -0.1) is 11.6 Å². The fourth-order valence-corrected chi connectivity index (χ4v) is 2.19. The minimum atomic E-state index is -1.16. The summed E-state index contributed by atoms with van der Waals surface area (Å²) in [5.41, 5.74) is 1.02. The Hall–Kier alpha value is -0.820. The Labute approximate surface area is 123 Å². The predicted molar refractivity (Wildman–Crippen MR) is 83.3 cm³/mol. The van der Waals surface area contributed by atoms with Crippen molar-refractivity contribution in [1.82, 2.24) is 4.72 Å². The molecular formula is C15H20ClNOS. The highest BCUT2D eigenvalue weighted by molar-refractivity contribution is 7.84. The van der Waals surface area contributed by atoms with Gasteiger partial charge in [0.1, 0.15) is 6.04 Å². The van der Waals surface area contributed by atoms with E-state index in [1.807, 2.05) is 51.1 Å². The molecule has 0 spiro atoms. The first-order valence-corrected chi connectivity index (χ1v) is 7.91. The minimum absolute atomic E-state index is 0.232. The first-order valence-electron chi connectivity index (χ1n) is 6.22. The topological polar surface area (TPSA) is 29.1 Å². The smallest absolute Gasteiger partial charge is 0.106 e. The molecule has 2 nitrogen and oxygen atoms in total. The summed E-state index contributed by atoms with van der Waals surface area (Å²) < 4.78 is 15.0. The van der Waals surface area contributed by atoms with E-state index in [9.17, 15) is 4.21 Å². The number of hydrogen-bond acceptors (Lipinski definition) is 1. The maximum Gasteiger partial charge on any atom is 0.106 e. The third-order valence-corrected chi connectivity index (χ3v) is 4.13. The molecule has 1 aromatic rings. The van der Waals surface area contributed by atoms with Gasteiger partial charge >= 0.3 is 0 Å². The summed E-state index contributed by atoms with van der Waals surface area (Å²) >= 11 is 5.63. The van der Waals surface area contributed by atoms with Crippen molar-refractivity contribution >= 4 is 22.6 Å². The highest BCUT2D eigenvalue weighted by Crippen LogP contribution is 2.16. The van der Waals surface area contributed by atoms with E-state index in [1.54, 1.807) is 0 Å². The number of nitrogens with one attached hydrogen (secondary N) is 1. The minimum Gasteiger partial charge on any atom is -0.242 e. The summed E-state index contributed by atoms with van der Waals surface area (Å²) in [6.45, 7) is 5.80. The van der Waals surface area contributed by atoms with Crippen LogP contribution in [0.5, 0.6) is 0 Å². The Kier molecular flexibility index (Phi) is 6.57. The van der Waals surface area contributed by atoms with Crippen molar-refractivity contribution in [1.29, 1.82) is 0 Å². The average molecular weight is 298 g/mol. The van der Waals surface area contributed by atoms with Crippen LogP contribution in [0.2, 0.25) is 0 Å². The lowest BCUT2D eigenvalue weighted by Crippen LogP contribution is -2.35. The second-order valence-corrected chi connectivity index (χ2v) is 7.48. The molecule has 0 radical (unpaired) electrons. The molecule has 1 unspecified atom stereocenters. The Balaban J connectivity index is 2.89. The number of hydrogen-bond donors (Lipinski definition) is 1.